The van der Waals surface area contributed by atoms with Gasteiger partial charge in [-0.1, -0.05) is 11.6 Å². The lowest BCUT2D eigenvalue weighted by Gasteiger charge is -2.32. The van der Waals surface area contributed by atoms with Gasteiger partial charge < -0.3 is 9.31 Å². The van der Waals surface area contributed by atoms with Crippen LogP contribution in [0, 0.1) is 0 Å². The second-order valence-electron chi connectivity index (χ2n) is 4.87. The van der Waals surface area contributed by atoms with Crippen LogP contribution < -0.4 is 5.46 Å². The monoisotopic (exact) mass is 322 g/mol. The third kappa shape index (κ3) is 2.08. The SMILES string of the molecule is CC1(C)OB(c2cc(Cl)sc2Br)OC1(C)C. The number of rotatable bonds is 1. The molecule has 88 valence electrons. The van der Waals surface area contributed by atoms with E-state index in [0.717, 1.165) is 13.6 Å². The Hall–Kier alpha value is 0.455. The molecule has 1 saturated heterocycles. The van der Waals surface area contributed by atoms with Crippen molar-refractivity contribution in [3.8, 4) is 0 Å². The Kier molecular flexibility index (Phi) is 3.22. The van der Waals surface area contributed by atoms with E-state index in [-0.39, 0.29) is 18.3 Å². The van der Waals surface area contributed by atoms with Crippen molar-refractivity contribution in [2.24, 2.45) is 0 Å². The summed E-state index contributed by atoms with van der Waals surface area (Å²) in [5.41, 5.74) is 0.338. The second kappa shape index (κ2) is 3.99. The summed E-state index contributed by atoms with van der Waals surface area (Å²) >= 11 is 10.9. The predicted molar refractivity (Wildman–Crippen MR) is 72.7 cm³/mol. The van der Waals surface area contributed by atoms with Crippen LogP contribution in [0.4, 0.5) is 0 Å². The van der Waals surface area contributed by atoms with Crippen LogP contribution in [0.25, 0.3) is 0 Å². The summed E-state index contributed by atoms with van der Waals surface area (Å²) in [6.07, 6.45) is 0. The highest BCUT2D eigenvalue weighted by Gasteiger charge is 2.52. The predicted octanol–water partition coefficient (Wildman–Crippen LogP) is 3.46. The summed E-state index contributed by atoms with van der Waals surface area (Å²) in [7, 11) is -0.344. The molecule has 0 aliphatic carbocycles. The molecule has 2 nitrogen and oxygen atoms in total. The maximum Gasteiger partial charge on any atom is 0.496 e. The van der Waals surface area contributed by atoms with Crippen LogP contribution in [-0.2, 0) is 9.31 Å². The van der Waals surface area contributed by atoms with Gasteiger partial charge in [0.2, 0.25) is 0 Å². The van der Waals surface area contributed by atoms with Crippen molar-refractivity contribution < 1.29 is 9.31 Å². The summed E-state index contributed by atoms with van der Waals surface area (Å²) in [5, 5.41) is 0. The fourth-order valence-electron chi connectivity index (χ4n) is 1.48. The van der Waals surface area contributed by atoms with Gasteiger partial charge in [-0.15, -0.1) is 11.3 Å². The lowest BCUT2D eigenvalue weighted by atomic mass is 9.81. The first-order chi connectivity index (χ1) is 7.23. The highest BCUT2D eigenvalue weighted by Crippen LogP contribution is 2.38. The molecule has 1 aliphatic heterocycles. The van der Waals surface area contributed by atoms with Gasteiger partial charge in [0.25, 0.3) is 0 Å². The number of hydrogen-bond acceptors (Lipinski definition) is 3. The van der Waals surface area contributed by atoms with Crippen molar-refractivity contribution >= 4 is 51.4 Å². The number of thiophene rings is 1. The van der Waals surface area contributed by atoms with Crippen molar-refractivity contribution in [1.29, 1.82) is 0 Å². The van der Waals surface area contributed by atoms with Crippen molar-refractivity contribution in [1.82, 2.24) is 0 Å². The summed E-state index contributed by atoms with van der Waals surface area (Å²) in [6.45, 7) is 8.15. The van der Waals surface area contributed by atoms with Crippen LogP contribution in [0.3, 0.4) is 0 Å². The van der Waals surface area contributed by atoms with Crippen molar-refractivity contribution in [3.63, 3.8) is 0 Å². The first-order valence-electron chi connectivity index (χ1n) is 5.03. The topological polar surface area (TPSA) is 18.5 Å². The maximum absolute atomic E-state index is 5.96. The molecule has 0 unspecified atom stereocenters. The lowest BCUT2D eigenvalue weighted by molar-refractivity contribution is 0.00578. The average Bonchev–Trinajstić information content (AvgIpc) is 2.51. The quantitative estimate of drug-likeness (QED) is 0.737. The molecular formula is C10H13BBrClO2S. The summed E-state index contributed by atoms with van der Waals surface area (Å²) in [4.78, 5) is 0. The van der Waals surface area contributed by atoms with E-state index in [1.165, 1.54) is 11.3 Å². The zero-order valence-electron chi connectivity index (χ0n) is 9.64. The molecule has 6 heteroatoms. The maximum atomic E-state index is 5.96. The van der Waals surface area contributed by atoms with Crippen molar-refractivity contribution in [3.05, 3.63) is 14.2 Å². The molecule has 0 atom stereocenters. The van der Waals surface area contributed by atoms with Crippen LogP contribution in [-0.4, -0.2) is 18.3 Å². The Morgan fingerprint density at radius 1 is 1.25 bits per heavy atom. The smallest absolute Gasteiger partial charge is 0.399 e. The van der Waals surface area contributed by atoms with Crippen LogP contribution in [0.2, 0.25) is 4.34 Å². The van der Waals surface area contributed by atoms with Crippen LogP contribution in [0.1, 0.15) is 27.7 Å². The molecule has 0 spiro atoms. The van der Waals surface area contributed by atoms with E-state index in [4.69, 9.17) is 20.9 Å². The lowest BCUT2D eigenvalue weighted by Crippen LogP contribution is -2.41. The van der Waals surface area contributed by atoms with Gasteiger partial charge in [0.05, 0.1) is 19.3 Å². The Morgan fingerprint density at radius 2 is 1.75 bits per heavy atom. The molecule has 1 aromatic heterocycles. The summed E-state index contributed by atoms with van der Waals surface area (Å²) < 4.78 is 13.6. The zero-order valence-corrected chi connectivity index (χ0v) is 12.8. The molecule has 2 heterocycles. The van der Waals surface area contributed by atoms with Gasteiger partial charge in [0.1, 0.15) is 0 Å². The molecule has 16 heavy (non-hydrogen) atoms. The molecule has 0 saturated carbocycles. The minimum absolute atomic E-state index is 0.314. The Balaban J connectivity index is 2.30. The normalized spacial score (nSPS) is 22.8. The zero-order chi connectivity index (χ0) is 12.1. The van der Waals surface area contributed by atoms with E-state index in [1.807, 2.05) is 33.8 Å². The van der Waals surface area contributed by atoms with E-state index in [9.17, 15) is 0 Å². The molecular weight excluding hydrogens is 310 g/mol. The van der Waals surface area contributed by atoms with Gasteiger partial charge in [-0.05, 0) is 49.7 Å². The standard InChI is InChI=1S/C10H13BBrClO2S/c1-9(2)10(3,4)15-11(14-9)6-5-7(13)16-8(6)12/h5H,1-4H3. The molecule has 0 aromatic carbocycles. The number of halogens is 2. The van der Waals surface area contributed by atoms with Crippen LogP contribution >= 0.6 is 38.9 Å². The minimum atomic E-state index is -0.344. The molecule has 2 rings (SSSR count). The Bertz CT molecular complexity index is 403. The van der Waals surface area contributed by atoms with Gasteiger partial charge in [-0.25, -0.2) is 0 Å². The third-order valence-corrected chi connectivity index (χ3v) is 5.20. The van der Waals surface area contributed by atoms with Gasteiger partial charge in [-0.3, -0.25) is 0 Å². The van der Waals surface area contributed by atoms with Gasteiger partial charge in [0.15, 0.2) is 0 Å². The highest BCUT2D eigenvalue weighted by molar-refractivity contribution is 9.11. The van der Waals surface area contributed by atoms with Crippen LogP contribution in [0.5, 0.6) is 0 Å². The fourth-order valence-corrected chi connectivity index (χ4v) is 3.57. The highest BCUT2D eigenvalue weighted by atomic mass is 79.9. The molecule has 1 fully saturated rings. The Morgan fingerprint density at radius 3 is 2.12 bits per heavy atom. The van der Waals surface area contributed by atoms with Gasteiger partial charge in [-0.2, -0.15) is 0 Å². The molecule has 0 amide bonds. The van der Waals surface area contributed by atoms with Gasteiger partial charge in [0, 0.05) is 5.46 Å². The minimum Gasteiger partial charge on any atom is -0.399 e. The van der Waals surface area contributed by atoms with E-state index < -0.39 is 0 Å². The molecule has 1 aliphatic rings. The van der Waals surface area contributed by atoms with E-state index >= 15 is 0 Å². The molecule has 0 N–H and O–H groups in total. The van der Waals surface area contributed by atoms with Gasteiger partial charge >= 0.3 is 7.12 Å². The molecule has 0 radical (unpaired) electrons. The second-order valence-corrected chi connectivity index (χ2v) is 7.87. The fraction of sp³-hybridized carbons (Fsp3) is 0.600. The Labute approximate surface area is 114 Å². The van der Waals surface area contributed by atoms with E-state index in [1.54, 1.807) is 0 Å². The first-order valence-corrected chi connectivity index (χ1v) is 7.02. The van der Waals surface area contributed by atoms with E-state index in [0.29, 0.717) is 0 Å². The molecule has 0 bridgehead atoms. The largest absolute Gasteiger partial charge is 0.496 e. The molecule has 1 aromatic rings. The van der Waals surface area contributed by atoms with Crippen molar-refractivity contribution in [2.45, 2.75) is 38.9 Å². The van der Waals surface area contributed by atoms with E-state index in [2.05, 4.69) is 15.9 Å². The third-order valence-electron chi connectivity index (χ3n) is 3.19. The van der Waals surface area contributed by atoms with Crippen LogP contribution in [0.15, 0.2) is 9.85 Å². The van der Waals surface area contributed by atoms with Crippen molar-refractivity contribution in [2.75, 3.05) is 0 Å². The average molecular weight is 323 g/mol. The number of hydrogen-bond donors (Lipinski definition) is 0. The summed E-state index contributed by atoms with van der Waals surface area (Å²) in [6, 6.07) is 1.89. The summed E-state index contributed by atoms with van der Waals surface area (Å²) in [5.74, 6) is 0. The first kappa shape index (κ1) is 12.9.